The van der Waals surface area contributed by atoms with Crippen molar-refractivity contribution in [3.8, 4) is 11.4 Å². The molecule has 0 amide bonds. The van der Waals surface area contributed by atoms with Gasteiger partial charge in [-0.25, -0.2) is 0 Å². The summed E-state index contributed by atoms with van der Waals surface area (Å²) in [6, 6.07) is 20.2. The van der Waals surface area contributed by atoms with E-state index in [9.17, 15) is 0 Å². The van der Waals surface area contributed by atoms with Crippen LogP contribution in [0.15, 0.2) is 90.4 Å². The maximum atomic E-state index is 4.97. The third-order valence-electron chi connectivity index (χ3n) is 5.44. The van der Waals surface area contributed by atoms with Gasteiger partial charge in [-0.05, 0) is 24.3 Å². The molecule has 3 aromatic heterocycles. The minimum atomic E-state index is 0.239. The highest BCUT2D eigenvalue weighted by Crippen LogP contribution is 2.39. The summed E-state index contributed by atoms with van der Waals surface area (Å²) in [5.74, 6) is 1.59. The number of quaternary nitrogens is 1. The number of hydrogen-bond donors (Lipinski definition) is 1. The van der Waals surface area contributed by atoms with Crippen LogP contribution in [0.5, 0.6) is 0 Å². The minimum absolute atomic E-state index is 0.239. The van der Waals surface area contributed by atoms with Crippen molar-refractivity contribution < 1.29 is 0 Å². The van der Waals surface area contributed by atoms with Crippen molar-refractivity contribution in [2.75, 3.05) is 0 Å². The van der Waals surface area contributed by atoms with Crippen molar-refractivity contribution in [2.24, 2.45) is 4.99 Å². The van der Waals surface area contributed by atoms with E-state index < -0.39 is 0 Å². The Morgan fingerprint density at radius 2 is 1.63 bits per heavy atom. The number of para-hydroxylation sites is 1. The van der Waals surface area contributed by atoms with Gasteiger partial charge in [0.05, 0.1) is 22.6 Å². The first-order chi connectivity index (χ1) is 14.9. The standard InChI is InChI=1S/C24H16N6/c1-2-8-21-19(5-1)22(10-12-27-21)30(14-13-25-16-30)23-15-28-24(29-23)18-6-3-9-20-17(18)7-4-11-26-20/h1-12,14-16H,(H,28,29)/q+1. The molecule has 0 saturated carbocycles. The van der Waals surface area contributed by atoms with Gasteiger partial charge in [-0.1, -0.05) is 30.3 Å². The number of pyridine rings is 2. The number of aromatic nitrogens is 4. The Balaban J connectivity index is 1.55. The molecule has 1 unspecified atom stereocenters. The van der Waals surface area contributed by atoms with Crippen LogP contribution in [-0.2, 0) is 0 Å². The summed E-state index contributed by atoms with van der Waals surface area (Å²) in [6.07, 6.45) is 12.3. The molecule has 1 radical (unpaired) electrons. The Morgan fingerprint density at radius 1 is 0.800 bits per heavy atom. The van der Waals surface area contributed by atoms with Crippen molar-refractivity contribution in [3.05, 3.63) is 91.7 Å². The van der Waals surface area contributed by atoms with Crippen LogP contribution in [0.3, 0.4) is 0 Å². The number of benzene rings is 2. The fourth-order valence-electron chi connectivity index (χ4n) is 4.02. The summed E-state index contributed by atoms with van der Waals surface area (Å²) >= 11 is 0. The first kappa shape index (κ1) is 16.8. The highest BCUT2D eigenvalue weighted by molar-refractivity contribution is 5.99. The molecule has 0 aliphatic carbocycles. The van der Waals surface area contributed by atoms with E-state index in [0.29, 0.717) is 0 Å². The zero-order chi connectivity index (χ0) is 20.0. The topological polar surface area (TPSA) is 66.8 Å². The van der Waals surface area contributed by atoms with Crippen LogP contribution in [0.1, 0.15) is 0 Å². The summed E-state index contributed by atoms with van der Waals surface area (Å²) in [4.78, 5) is 21.6. The van der Waals surface area contributed by atoms with Gasteiger partial charge in [0.15, 0.2) is 11.9 Å². The lowest BCUT2D eigenvalue weighted by molar-refractivity contribution is 0.750. The molecule has 1 aliphatic rings. The molecule has 6 heteroatoms. The third-order valence-corrected chi connectivity index (χ3v) is 5.44. The number of imidazole rings is 1. The largest absolute Gasteiger partial charge is 0.339 e. The van der Waals surface area contributed by atoms with Gasteiger partial charge < -0.3 is 4.98 Å². The molecule has 0 bridgehead atoms. The summed E-state index contributed by atoms with van der Waals surface area (Å²) in [5.41, 5.74) is 3.89. The van der Waals surface area contributed by atoms with Crippen molar-refractivity contribution in [3.63, 3.8) is 0 Å². The van der Waals surface area contributed by atoms with Gasteiger partial charge in [-0.2, -0.15) is 14.5 Å². The second-order valence-corrected chi connectivity index (χ2v) is 7.11. The number of fused-ring (bicyclic) bond motifs is 2. The van der Waals surface area contributed by atoms with Crippen molar-refractivity contribution >= 4 is 39.6 Å². The van der Waals surface area contributed by atoms with Crippen LogP contribution in [0.2, 0.25) is 0 Å². The van der Waals surface area contributed by atoms with Crippen LogP contribution >= 0.6 is 0 Å². The van der Waals surface area contributed by atoms with Crippen LogP contribution in [0.4, 0.5) is 11.5 Å². The maximum absolute atomic E-state index is 4.97. The normalized spacial score (nSPS) is 17.9. The van der Waals surface area contributed by atoms with Gasteiger partial charge in [-0.15, -0.1) is 0 Å². The number of aliphatic imine (C=N–C) groups is 1. The lowest BCUT2D eigenvalue weighted by Crippen LogP contribution is -2.35. The Hall–Kier alpha value is -4.16. The van der Waals surface area contributed by atoms with Gasteiger partial charge >= 0.3 is 0 Å². The molecule has 4 heterocycles. The van der Waals surface area contributed by atoms with Crippen molar-refractivity contribution in [1.82, 2.24) is 24.4 Å². The number of nitrogens with one attached hydrogen (secondary N) is 1. The van der Waals surface area contributed by atoms with E-state index in [2.05, 4.69) is 44.3 Å². The van der Waals surface area contributed by atoms with Crippen LogP contribution in [-0.4, -0.2) is 26.3 Å². The Kier molecular flexibility index (Phi) is 3.60. The molecule has 0 fully saturated rings. The molecular formula is C24H16N6+. The summed E-state index contributed by atoms with van der Waals surface area (Å²) in [7, 11) is 0. The van der Waals surface area contributed by atoms with Gasteiger partial charge in [0, 0.05) is 29.4 Å². The minimum Gasteiger partial charge on any atom is -0.339 e. The quantitative estimate of drug-likeness (QED) is 0.436. The average molecular weight is 388 g/mol. The van der Waals surface area contributed by atoms with Gasteiger partial charge in [-0.3, -0.25) is 9.97 Å². The van der Waals surface area contributed by atoms with Gasteiger partial charge in [0.1, 0.15) is 12.0 Å². The molecule has 1 atom stereocenters. The smallest absolute Gasteiger partial charge is 0.261 e. The van der Waals surface area contributed by atoms with E-state index in [1.54, 1.807) is 6.20 Å². The summed E-state index contributed by atoms with van der Waals surface area (Å²) in [6.45, 7) is 0. The second kappa shape index (κ2) is 6.43. The summed E-state index contributed by atoms with van der Waals surface area (Å²) < 4.78 is 0.239. The van der Waals surface area contributed by atoms with Crippen molar-refractivity contribution in [2.45, 2.75) is 0 Å². The average Bonchev–Trinajstić information content (AvgIpc) is 3.49. The number of aromatic amines is 1. The molecule has 2 aromatic carbocycles. The number of hydrogen-bond acceptors (Lipinski definition) is 4. The SMILES string of the molecule is [C]1=C[N+](c2c[nH]c(-c3cccc4ncccc34)n2)(c2ccnc3ccccc23)C=N1. The Bertz CT molecular complexity index is 1440. The molecular weight excluding hydrogens is 372 g/mol. The highest BCUT2D eigenvalue weighted by atomic mass is 15.4. The maximum Gasteiger partial charge on any atom is 0.261 e. The molecule has 0 spiro atoms. The van der Waals surface area contributed by atoms with E-state index in [0.717, 1.165) is 44.7 Å². The summed E-state index contributed by atoms with van der Waals surface area (Å²) in [5, 5.41) is 2.10. The number of rotatable bonds is 3. The third kappa shape index (κ3) is 2.41. The zero-order valence-corrected chi connectivity index (χ0v) is 15.9. The monoisotopic (exact) mass is 388 g/mol. The fraction of sp³-hybridized carbons (Fsp3) is 0. The van der Waals surface area contributed by atoms with Gasteiger partial charge in [0.2, 0.25) is 6.34 Å². The Labute approximate surface area is 172 Å². The lowest BCUT2D eigenvalue weighted by atomic mass is 10.1. The van der Waals surface area contributed by atoms with E-state index in [1.807, 2.05) is 67.4 Å². The fourth-order valence-corrected chi connectivity index (χ4v) is 4.02. The molecule has 1 aliphatic heterocycles. The van der Waals surface area contributed by atoms with E-state index in [4.69, 9.17) is 4.98 Å². The van der Waals surface area contributed by atoms with E-state index in [1.165, 1.54) is 0 Å². The van der Waals surface area contributed by atoms with Crippen LogP contribution in [0.25, 0.3) is 33.2 Å². The number of H-pyrrole nitrogens is 1. The molecule has 6 rings (SSSR count). The lowest BCUT2D eigenvalue weighted by Gasteiger charge is -2.24. The van der Waals surface area contributed by atoms with E-state index in [-0.39, 0.29) is 4.48 Å². The molecule has 141 valence electrons. The van der Waals surface area contributed by atoms with Crippen LogP contribution in [0, 0.1) is 6.20 Å². The molecule has 6 nitrogen and oxygen atoms in total. The molecule has 30 heavy (non-hydrogen) atoms. The second-order valence-electron chi connectivity index (χ2n) is 7.11. The highest BCUT2D eigenvalue weighted by Gasteiger charge is 2.37. The molecule has 0 saturated heterocycles. The van der Waals surface area contributed by atoms with Crippen molar-refractivity contribution in [1.29, 1.82) is 0 Å². The first-order valence-corrected chi connectivity index (χ1v) is 9.62. The predicted octanol–water partition coefficient (Wildman–Crippen LogP) is 5.13. The predicted molar refractivity (Wildman–Crippen MR) is 119 cm³/mol. The van der Waals surface area contributed by atoms with Gasteiger partial charge in [0.25, 0.3) is 5.82 Å². The Morgan fingerprint density at radius 3 is 2.57 bits per heavy atom. The van der Waals surface area contributed by atoms with Crippen LogP contribution < -0.4 is 4.48 Å². The first-order valence-electron chi connectivity index (χ1n) is 9.62. The molecule has 5 aromatic rings. The van der Waals surface area contributed by atoms with E-state index >= 15 is 0 Å². The zero-order valence-electron chi connectivity index (χ0n) is 15.9. The molecule has 1 N–H and O–H groups in total. The number of nitrogens with zero attached hydrogens (tertiary/aromatic N) is 5.